The van der Waals surface area contributed by atoms with Crippen molar-refractivity contribution in [3.63, 3.8) is 0 Å². The Labute approximate surface area is 177 Å². The number of H-pyrrole nitrogens is 1. The molecule has 2 aromatic heterocycles. The fourth-order valence-corrected chi connectivity index (χ4v) is 4.02. The summed E-state index contributed by atoms with van der Waals surface area (Å²) in [6.45, 7) is 0. The largest absolute Gasteiger partial charge is 0.481 e. The van der Waals surface area contributed by atoms with Gasteiger partial charge in [0.15, 0.2) is 16.5 Å². The topological polar surface area (TPSA) is 228 Å². The Bertz CT molecular complexity index is 1100. The van der Waals surface area contributed by atoms with Gasteiger partial charge in [-0.2, -0.15) is 0 Å². The average molecular weight is 458 g/mol. The summed E-state index contributed by atoms with van der Waals surface area (Å²) in [4.78, 5) is 44.6. The highest BCUT2D eigenvalue weighted by atomic mass is 32.1. The Morgan fingerprint density at radius 3 is 2.32 bits per heavy atom. The Kier molecular flexibility index (Phi) is 5.81. The van der Waals surface area contributed by atoms with Gasteiger partial charge in [0.2, 0.25) is 0 Å². The van der Waals surface area contributed by atoms with E-state index in [9.17, 15) is 39.9 Å². The zero-order valence-electron chi connectivity index (χ0n) is 15.6. The van der Waals surface area contributed by atoms with Crippen molar-refractivity contribution in [2.45, 2.75) is 48.9 Å². The van der Waals surface area contributed by atoms with Crippen LogP contribution in [-0.4, -0.2) is 91.5 Å². The van der Waals surface area contributed by atoms with Crippen LogP contribution in [0.3, 0.4) is 0 Å². The second-order valence-corrected chi connectivity index (χ2v) is 7.51. The zero-order chi connectivity index (χ0) is 23.1. The summed E-state index contributed by atoms with van der Waals surface area (Å²) in [5.74, 6) is -4.77. The Morgan fingerprint density at radius 1 is 1.13 bits per heavy atom. The van der Waals surface area contributed by atoms with Crippen LogP contribution in [0, 0.1) is 4.64 Å². The number of aliphatic hydroxyl groups excluding tert-OH is 1. The van der Waals surface area contributed by atoms with Crippen molar-refractivity contribution < 1.29 is 49.8 Å². The van der Waals surface area contributed by atoms with Gasteiger partial charge in [0.25, 0.3) is 0 Å². The normalized spacial score (nSPS) is 29.1. The molecule has 1 fully saturated rings. The third-order valence-corrected chi connectivity index (χ3v) is 5.41. The van der Waals surface area contributed by atoms with E-state index in [-0.39, 0.29) is 15.8 Å². The van der Waals surface area contributed by atoms with Crippen molar-refractivity contribution >= 4 is 41.3 Å². The molecule has 1 saturated heterocycles. The number of nitrogens with zero attached hydrogens (tertiary/aromatic N) is 3. The SMILES string of the molecule is O=C(O)CC(O)[C@H]1O[C@@H](n2cnc3c(=S)nc[nH]c32)[C@@](O)(CC(=O)O)[C@@]1(O)CC(=O)O. The van der Waals surface area contributed by atoms with Crippen LogP contribution in [0.1, 0.15) is 25.5 Å². The van der Waals surface area contributed by atoms with E-state index in [1.807, 2.05) is 0 Å². The Morgan fingerprint density at radius 2 is 1.74 bits per heavy atom. The third-order valence-electron chi connectivity index (χ3n) is 5.11. The van der Waals surface area contributed by atoms with Gasteiger partial charge in [-0.05, 0) is 0 Å². The smallest absolute Gasteiger partial charge is 0.306 e. The number of aliphatic hydroxyl groups is 3. The van der Waals surface area contributed by atoms with Gasteiger partial charge >= 0.3 is 17.9 Å². The Hall–Kier alpha value is -2.98. The zero-order valence-corrected chi connectivity index (χ0v) is 16.4. The van der Waals surface area contributed by atoms with Crippen LogP contribution < -0.4 is 0 Å². The first-order valence-corrected chi connectivity index (χ1v) is 9.15. The molecular formula is C16H18N4O10S. The van der Waals surface area contributed by atoms with Gasteiger partial charge in [0, 0.05) is 0 Å². The number of ether oxygens (including phenoxy) is 1. The molecule has 1 aliphatic heterocycles. The van der Waals surface area contributed by atoms with Crippen molar-refractivity contribution in [3.05, 3.63) is 17.3 Å². The minimum Gasteiger partial charge on any atom is -0.481 e. The summed E-state index contributed by atoms with van der Waals surface area (Å²) in [6, 6.07) is 0. The van der Waals surface area contributed by atoms with Gasteiger partial charge in [-0.25, -0.2) is 9.97 Å². The molecule has 15 heteroatoms. The molecule has 168 valence electrons. The maximum Gasteiger partial charge on any atom is 0.306 e. The molecule has 1 unspecified atom stereocenters. The molecule has 0 saturated carbocycles. The molecule has 0 bridgehead atoms. The molecule has 0 aliphatic carbocycles. The lowest BCUT2D eigenvalue weighted by Crippen LogP contribution is -2.62. The molecule has 7 N–H and O–H groups in total. The monoisotopic (exact) mass is 458 g/mol. The van der Waals surface area contributed by atoms with E-state index < -0.39 is 66.8 Å². The summed E-state index contributed by atoms with van der Waals surface area (Å²) in [5.41, 5.74) is -5.49. The molecule has 0 spiro atoms. The van der Waals surface area contributed by atoms with Gasteiger partial charge in [-0.1, -0.05) is 12.2 Å². The van der Waals surface area contributed by atoms with Gasteiger partial charge in [-0.3, -0.25) is 19.0 Å². The number of hydrogen-bond acceptors (Lipinski definition) is 10. The molecule has 0 amide bonds. The standard InChI is InChI=1S/C16H18N4O10S/c21-6(1-7(22)23)11-15(28,2-8(24)25)16(29,3-9(26)27)14(30-11)20-5-19-10-12(20)17-4-18-13(10)31/h4-6,11,14,21,28-29H,1-3H2,(H,22,23)(H,24,25)(H,26,27)(H,17,18,31)/t6?,11-,14-,15-,16+/m1/s1. The summed E-state index contributed by atoms with van der Waals surface area (Å²) < 4.78 is 6.68. The molecule has 2 aromatic rings. The van der Waals surface area contributed by atoms with Gasteiger partial charge < -0.3 is 40.4 Å². The van der Waals surface area contributed by atoms with Gasteiger partial charge in [-0.15, -0.1) is 0 Å². The number of carboxylic acids is 3. The van der Waals surface area contributed by atoms with Gasteiger partial charge in [0.05, 0.1) is 38.0 Å². The predicted octanol–water partition coefficient (Wildman–Crippen LogP) is -1.37. The van der Waals surface area contributed by atoms with E-state index >= 15 is 0 Å². The summed E-state index contributed by atoms with van der Waals surface area (Å²) in [6.07, 6.45) is -6.91. The first-order valence-electron chi connectivity index (χ1n) is 8.74. The number of nitrogens with one attached hydrogen (secondary N) is 1. The van der Waals surface area contributed by atoms with Crippen LogP contribution in [0.5, 0.6) is 0 Å². The number of rotatable bonds is 8. The first kappa shape index (κ1) is 22.7. The lowest BCUT2D eigenvalue weighted by Gasteiger charge is -2.40. The number of imidazole rings is 1. The van der Waals surface area contributed by atoms with Crippen LogP contribution in [-0.2, 0) is 19.1 Å². The molecule has 0 aromatic carbocycles. The Balaban J connectivity index is 2.22. The van der Waals surface area contributed by atoms with Crippen molar-refractivity contribution in [3.8, 4) is 0 Å². The molecule has 3 heterocycles. The average Bonchev–Trinajstić information content (AvgIpc) is 3.12. The number of aromatic nitrogens is 4. The summed E-state index contributed by atoms with van der Waals surface area (Å²) in [7, 11) is 0. The second-order valence-electron chi connectivity index (χ2n) is 7.12. The van der Waals surface area contributed by atoms with Crippen LogP contribution in [0.2, 0.25) is 0 Å². The molecule has 5 atom stereocenters. The molecule has 3 rings (SSSR count). The van der Waals surface area contributed by atoms with Gasteiger partial charge in [0.1, 0.15) is 22.9 Å². The number of hydrogen-bond donors (Lipinski definition) is 7. The number of aliphatic carboxylic acids is 3. The number of fused-ring (bicyclic) bond motifs is 1. The second kappa shape index (κ2) is 7.93. The highest BCUT2D eigenvalue weighted by Crippen LogP contribution is 2.51. The van der Waals surface area contributed by atoms with Crippen molar-refractivity contribution in [1.82, 2.24) is 19.5 Å². The number of carbonyl (C=O) groups is 3. The van der Waals surface area contributed by atoms with E-state index in [0.29, 0.717) is 0 Å². The van der Waals surface area contributed by atoms with Crippen LogP contribution in [0.25, 0.3) is 11.2 Å². The van der Waals surface area contributed by atoms with Crippen molar-refractivity contribution in [2.75, 3.05) is 0 Å². The van der Waals surface area contributed by atoms with Crippen molar-refractivity contribution in [2.24, 2.45) is 0 Å². The predicted molar refractivity (Wildman–Crippen MR) is 99.3 cm³/mol. The van der Waals surface area contributed by atoms with Crippen LogP contribution >= 0.6 is 12.2 Å². The van der Waals surface area contributed by atoms with E-state index in [4.69, 9.17) is 22.1 Å². The molecule has 1 aliphatic rings. The maximum atomic E-state index is 11.5. The number of aromatic amines is 1. The van der Waals surface area contributed by atoms with Crippen LogP contribution in [0.4, 0.5) is 0 Å². The fourth-order valence-electron chi connectivity index (χ4n) is 3.82. The van der Waals surface area contributed by atoms with E-state index in [1.54, 1.807) is 0 Å². The summed E-state index contributed by atoms with van der Waals surface area (Å²) >= 11 is 5.05. The van der Waals surface area contributed by atoms with E-state index in [0.717, 1.165) is 10.9 Å². The molecular weight excluding hydrogens is 440 g/mol. The fraction of sp³-hybridized carbons (Fsp3) is 0.500. The molecule has 14 nitrogen and oxygen atoms in total. The highest BCUT2D eigenvalue weighted by Gasteiger charge is 2.69. The first-order chi connectivity index (χ1) is 14.4. The quantitative estimate of drug-likeness (QED) is 0.227. The summed E-state index contributed by atoms with van der Waals surface area (Å²) in [5, 5.41) is 60.5. The van der Waals surface area contributed by atoms with Crippen molar-refractivity contribution in [1.29, 1.82) is 0 Å². The number of carboxylic acid groups (broad SMARTS) is 3. The van der Waals surface area contributed by atoms with E-state index in [1.165, 1.54) is 6.33 Å². The van der Waals surface area contributed by atoms with E-state index in [2.05, 4.69) is 15.0 Å². The highest BCUT2D eigenvalue weighted by molar-refractivity contribution is 7.71. The lowest BCUT2D eigenvalue weighted by molar-refractivity contribution is -0.188. The third kappa shape index (κ3) is 3.77. The maximum absolute atomic E-state index is 11.5. The molecule has 31 heavy (non-hydrogen) atoms. The van der Waals surface area contributed by atoms with Crippen LogP contribution in [0.15, 0.2) is 12.7 Å². The minimum atomic E-state index is -2.89. The lowest BCUT2D eigenvalue weighted by atomic mass is 9.73. The minimum absolute atomic E-state index is 0.0514. The molecule has 0 radical (unpaired) electrons.